The molecule has 0 heterocycles. The van der Waals surface area contributed by atoms with Crippen molar-refractivity contribution in [3.63, 3.8) is 0 Å². The second-order valence-electron chi connectivity index (χ2n) is 4.35. The summed E-state index contributed by atoms with van der Waals surface area (Å²) in [5.74, 6) is -3.25. The largest absolute Gasteiger partial charge is 0.340 e. The van der Waals surface area contributed by atoms with Gasteiger partial charge in [0.05, 0.1) is 0 Å². The van der Waals surface area contributed by atoms with E-state index < -0.39 is 5.97 Å². The van der Waals surface area contributed by atoms with E-state index in [4.69, 9.17) is 15.3 Å². The predicted octanol–water partition coefficient (Wildman–Crippen LogP) is 2.14. The van der Waals surface area contributed by atoms with E-state index in [9.17, 15) is 4.39 Å². The van der Waals surface area contributed by atoms with Gasteiger partial charge in [-0.05, 0) is 23.6 Å². The summed E-state index contributed by atoms with van der Waals surface area (Å²) < 4.78 is 14.2. The fourth-order valence-electron chi connectivity index (χ4n) is 1.97. The average Bonchev–Trinajstić information content (AvgIpc) is 2.38. The number of benzene rings is 2. The first-order valence-electron chi connectivity index (χ1n) is 5.99. The first-order valence-corrected chi connectivity index (χ1v) is 5.99. The minimum Gasteiger partial charge on any atom is -0.340 e. The average molecular weight is 262 g/mol. The third-order valence-electron chi connectivity index (χ3n) is 3.02. The molecule has 0 unspecified atom stereocenters. The molecule has 3 nitrogen and oxygen atoms in total. The van der Waals surface area contributed by atoms with Crippen LogP contribution in [0.15, 0.2) is 42.5 Å². The molecule has 0 saturated carbocycles. The van der Waals surface area contributed by atoms with Crippen molar-refractivity contribution >= 4 is 0 Å². The molecule has 0 saturated heterocycles. The van der Waals surface area contributed by atoms with Gasteiger partial charge < -0.3 is 15.3 Å². The molecular weight excluding hydrogens is 247 g/mol. The fraction of sp³-hybridized carbons (Fsp3) is 0.200. The van der Waals surface area contributed by atoms with E-state index in [0.717, 1.165) is 0 Å². The van der Waals surface area contributed by atoms with Crippen LogP contribution >= 0.6 is 0 Å². The minimum atomic E-state index is -2.92. The highest BCUT2D eigenvalue weighted by atomic mass is 19.1. The van der Waals surface area contributed by atoms with Crippen molar-refractivity contribution in [2.75, 3.05) is 0 Å². The number of hydrogen-bond donors (Lipinski definition) is 3. The first-order chi connectivity index (χ1) is 8.93. The van der Waals surface area contributed by atoms with Gasteiger partial charge in [-0.2, -0.15) is 0 Å². The summed E-state index contributed by atoms with van der Waals surface area (Å²) in [6.07, 6.45) is 0.573. The van der Waals surface area contributed by atoms with Crippen LogP contribution in [-0.2, 0) is 12.4 Å². The van der Waals surface area contributed by atoms with Gasteiger partial charge in [0, 0.05) is 11.1 Å². The molecule has 0 amide bonds. The zero-order valence-corrected chi connectivity index (χ0v) is 10.5. The van der Waals surface area contributed by atoms with E-state index in [0.29, 0.717) is 23.1 Å². The molecule has 2 aromatic carbocycles. The highest BCUT2D eigenvalue weighted by Gasteiger charge is 2.22. The van der Waals surface area contributed by atoms with Gasteiger partial charge in [0.1, 0.15) is 5.82 Å². The molecule has 3 N–H and O–H groups in total. The number of halogens is 1. The molecule has 0 aliphatic rings. The summed E-state index contributed by atoms with van der Waals surface area (Å²) in [6.45, 7) is 1.86. The van der Waals surface area contributed by atoms with E-state index >= 15 is 0 Å². The van der Waals surface area contributed by atoms with Crippen molar-refractivity contribution in [3.8, 4) is 11.1 Å². The number of aliphatic hydroxyl groups is 3. The van der Waals surface area contributed by atoms with E-state index in [1.165, 1.54) is 18.2 Å². The molecule has 0 atom stereocenters. The maximum atomic E-state index is 14.2. The van der Waals surface area contributed by atoms with Crippen LogP contribution in [0.2, 0.25) is 0 Å². The second-order valence-corrected chi connectivity index (χ2v) is 4.35. The normalized spacial score (nSPS) is 11.6. The molecule has 0 aromatic heterocycles. The summed E-state index contributed by atoms with van der Waals surface area (Å²) in [7, 11) is 0. The third-order valence-corrected chi connectivity index (χ3v) is 3.02. The van der Waals surface area contributed by atoms with E-state index in [-0.39, 0.29) is 11.4 Å². The lowest BCUT2D eigenvalue weighted by Crippen LogP contribution is -2.23. The van der Waals surface area contributed by atoms with Crippen LogP contribution in [0.1, 0.15) is 18.1 Å². The molecule has 0 radical (unpaired) electrons. The Kier molecular flexibility index (Phi) is 3.66. The minimum absolute atomic E-state index is 0.105. The molecule has 4 heteroatoms. The highest BCUT2D eigenvalue weighted by Crippen LogP contribution is 2.28. The fourth-order valence-corrected chi connectivity index (χ4v) is 1.97. The van der Waals surface area contributed by atoms with E-state index in [1.807, 2.05) is 6.92 Å². The number of rotatable bonds is 3. The van der Waals surface area contributed by atoms with Gasteiger partial charge >= 0.3 is 5.97 Å². The van der Waals surface area contributed by atoms with Crippen molar-refractivity contribution in [3.05, 3.63) is 59.4 Å². The van der Waals surface area contributed by atoms with Crippen molar-refractivity contribution in [2.45, 2.75) is 19.3 Å². The Hall–Kier alpha value is -1.75. The molecule has 0 spiro atoms. The summed E-state index contributed by atoms with van der Waals surface area (Å²) >= 11 is 0. The summed E-state index contributed by atoms with van der Waals surface area (Å²) in [5.41, 5.74) is 1.33. The summed E-state index contributed by atoms with van der Waals surface area (Å²) in [6, 6.07) is 10.9. The highest BCUT2D eigenvalue weighted by molar-refractivity contribution is 5.66. The monoisotopic (exact) mass is 262 g/mol. The van der Waals surface area contributed by atoms with Crippen LogP contribution in [-0.4, -0.2) is 15.3 Å². The zero-order valence-electron chi connectivity index (χ0n) is 10.5. The van der Waals surface area contributed by atoms with Crippen molar-refractivity contribution < 1.29 is 19.7 Å². The Morgan fingerprint density at radius 2 is 1.74 bits per heavy atom. The van der Waals surface area contributed by atoms with Crippen LogP contribution in [0, 0.1) is 5.82 Å². The molecule has 0 bridgehead atoms. The summed E-state index contributed by atoms with van der Waals surface area (Å²) in [5, 5.41) is 27.4. The SMILES string of the molecule is CCc1cccc(-c2cccc(C(O)(O)O)c2)c1F. The molecule has 0 aliphatic heterocycles. The Labute approximate surface area is 110 Å². The molecular formula is C15H15FO3. The predicted molar refractivity (Wildman–Crippen MR) is 69.5 cm³/mol. The van der Waals surface area contributed by atoms with Gasteiger partial charge in [-0.3, -0.25) is 0 Å². The Balaban J connectivity index is 2.54. The number of hydrogen-bond acceptors (Lipinski definition) is 3. The maximum absolute atomic E-state index is 14.2. The lowest BCUT2D eigenvalue weighted by molar-refractivity contribution is -0.323. The van der Waals surface area contributed by atoms with Crippen LogP contribution in [0.25, 0.3) is 11.1 Å². The topological polar surface area (TPSA) is 60.7 Å². The Bertz CT molecular complexity index is 588. The molecule has 0 fully saturated rings. The smallest absolute Gasteiger partial charge is 0.304 e. The maximum Gasteiger partial charge on any atom is 0.304 e. The van der Waals surface area contributed by atoms with Gasteiger partial charge in [-0.15, -0.1) is 0 Å². The van der Waals surface area contributed by atoms with Gasteiger partial charge in [0.25, 0.3) is 0 Å². The summed E-state index contributed by atoms with van der Waals surface area (Å²) in [4.78, 5) is 0. The second kappa shape index (κ2) is 5.09. The van der Waals surface area contributed by atoms with Gasteiger partial charge in [0.15, 0.2) is 0 Å². The van der Waals surface area contributed by atoms with Crippen LogP contribution < -0.4 is 0 Å². The molecule has 0 aliphatic carbocycles. The molecule has 2 rings (SSSR count). The Morgan fingerprint density at radius 1 is 1.05 bits per heavy atom. The van der Waals surface area contributed by atoms with Crippen LogP contribution in [0.5, 0.6) is 0 Å². The lowest BCUT2D eigenvalue weighted by Gasteiger charge is -2.15. The van der Waals surface area contributed by atoms with E-state index in [2.05, 4.69) is 0 Å². The standard InChI is InChI=1S/C15H15FO3/c1-2-10-5-4-8-13(14(10)16)11-6-3-7-12(9-11)15(17,18)19/h3-9,17-19H,2H2,1H3. The molecule has 100 valence electrons. The Morgan fingerprint density at radius 3 is 2.37 bits per heavy atom. The van der Waals surface area contributed by atoms with Crippen LogP contribution in [0.3, 0.4) is 0 Å². The van der Waals surface area contributed by atoms with Crippen molar-refractivity contribution in [1.82, 2.24) is 0 Å². The van der Waals surface area contributed by atoms with Crippen molar-refractivity contribution in [1.29, 1.82) is 0 Å². The zero-order chi connectivity index (χ0) is 14.0. The third kappa shape index (κ3) is 2.81. The van der Waals surface area contributed by atoms with Gasteiger partial charge in [-0.1, -0.05) is 43.3 Å². The van der Waals surface area contributed by atoms with Crippen molar-refractivity contribution in [2.24, 2.45) is 0 Å². The van der Waals surface area contributed by atoms with Gasteiger partial charge in [0.2, 0.25) is 0 Å². The quantitative estimate of drug-likeness (QED) is 0.743. The van der Waals surface area contributed by atoms with E-state index in [1.54, 1.807) is 24.3 Å². The van der Waals surface area contributed by atoms with Gasteiger partial charge in [-0.25, -0.2) is 4.39 Å². The number of aryl methyl sites for hydroxylation is 1. The first kappa shape index (κ1) is 13.7. The lowest BCUT2D eigenvalue weighted by atomic mass is 9.99. The van der Waals surface area contributed by atoms with Crippen LogP contribution in [0.4, 0.5) is 4.39 Å². The molecule has 19 heavy (non-hydrogen) atoms. The molecule has 2 aromatic rings.